The normalized spacial score (nSPS) is 10.0. The van der Waals surface area contributed by atoms with Gasteiger partial charge in [0.15, 0.2) is 0 Å². The van der Waals surface area contributed by atoms with E-state index in [1.807, 2.05) is 0 Å². The van der Waals surface area contributed by atoms with E-state index < -0.39 is 0 Å². The molecule has 0 fully saturated rings. The number of hydrogen-bond donors (Lipinski definition) is 2. The minimum Gasteiger partial charge on any atom is -0.348 e. The van der Waals surface area contributed by atoms with Gasteiger partial charge in [0.1, 0.15) is 0 Å². The number of carbonyl (C=O) groups is 1. The van der Waals surface area contributed by atoms with Crippen LogP contribution >= 0.6 is 23.2 Å². The van der Waals surface area contributed by atoms with Crippen molar-refractivity contribution in [2.24, 2.45) is 0 Å². The molecule has 5 nitrogen and oxygen atoms in total. The molecule has 2 N–H and O–H groups in total. The van der Waals surface area contributed by atoms with Crippen LogP contribution in [0.2, 0.25) is 10.0 Å². The molecule has 0 saturated carbocycles. The first-order chi connectivity index (χ1) is 10.1. The van der Waals surface area contributed by atoms with Gasteiger partial charge in [-0.05, 0) is 18.2 Å². The second-order valence-electron chi connectivity index (χ2n) is 4.04. The maximum Gasteiger partial charge on any atom is 0.254 e. The Kier molecular flexibility index (Phi) is 5.14. The van der Waals surface area contributed by atoms with E-state index in [-0.39, 0.29) is 5.91 Å². The zero-order valence-electron chi connectivity index (χ0n) is 10.9. The fourth-order valence-corrected chi connectivity index (χ4v) is 1.94. The highest BCUT2D eigenvalue weighted by Crippen LogP contribution is 2.26. The second-order valence-corrected chi connectivity index (χ2v) is 4.89. The van der Waals surface area contributed by atoms with Crippen LogP contribution < -0.4 is 10.6 Å². The first-order valence-electron chi connectivity index (χ1n) is 6.03. The van der Waals surface area contributed by atoms with Crippen molar-refractivity contribution in [3.8, 4) is 0 Å². The molecule has 2 rings (SSSR count). The molecule has 1 amide bonds. The number of carbonyl (C=O) groups excluding carboxylic acids is 1. The van der Waals surface area contributed by atoms with Crippen LogP contribution in [0.15, 0.2) is 43.2 Å². The van der Waals surface area contributed by atoms with Crippen molar-refractivity contribution < 1.29 is 4.79 Å². The number of halogens is 2. The predicted molar refractivity (Wildman–Crippen MR) is 84.3 cm³/mol. The highest BCUT2D eigenvalue weighted by atomic mass is 35.5. The lowest BCUT2D eigenvalue weighted by molar-refractivity contribution is 0.0957. The summed E-state index contributed by atoms with van der Waals surface area (Å²) < 4.78 is 0. The van der Waals surface area contributed by atoms with Crippen molar-refractivity contribution in [3.63, 3.8) is 0 Å². The molecule has 0 unspecified atom stereocenters. The molecule has 7 heteroatoms. The monoisotopic (exact) mass is 322 g/mol. The lowest BCUT2D eigenvalue weighted by Gasteiger charge is -2.07. The number of amides is 1. The third-order valence-electron chi connectivity index (χ3n) is 2.50. The number of anilines is 2. The van der Waals surface area contributed by atoms with Crippen molar-refractivity contribution in [2.75, 3.05) is 11.9 Å². The fourth-order valence-electron chi connectivity index (χ4n) is 1.49. The average Bonchev–Trinajstić information content (AvgIpc) is 2.48. The predicted octanol–water partition coefficient (Wildman–Crippen LogP) is 3.44. The van der Waals surface area contributed by atoms with Gasteiger partial charge in [-0.3, -0.25) is 4.79 Å². The first kappa shape index (κ1) is 15.3. The summed E-state index contributed by atoms with van der Waals surface area (Å²) in [5.74, 6) is 0.0745. The molecule has 21 heavy (non-hydrogen) atoms. The molecule has 0 spiro atoms. The lowest BCUT2D eigenvalue weighted by Crippen LogP contribution is -2.23. The molecule has 0 aliphatic rings. The van der Waals surface area contributed by atoms with Crippen molar-refractivity contribution in [1.29, 1.82) is 0 Å². The van der Waals surface area contributed by atoms with E-state index in [0.29, 0.717) is 33.8 Å². The van der Waals surface area contributed by atoms with Crippen LogP contribution in [0.1, 0.15) is 10.4 Å². The number of rotatable bonds is 5. The Labute approximate surface area is 132 Å². The molecule has 0 aliphatic heterocycles. The Hall–Kier alpha value is -2.11. The zero-order valence-corrected chi connectivity index (χ0v) is 12.4. The van der Waals surface area contributed by atoms with E-state index in [4.69, 9.17) is 23.2 Å². The Morgan fingerprint density at radius 1 is 1.29 bits per heavy atom. The second kappa shape index (κ2) is 7.06. The van der Waals surface area contributed by atoms with Crippen LogP contribution in [0, 0.1) is 0 Å². The molecule has 1 heterocycles. The number of aromatic nitrogens is 2. The molecule has 0 radical (unpaired) electrons. The summed E-state index contributed by atoms with van der Waals surface area (Å²) in [6.07, 6.45) is 4.45. The number of nitrogens with zero attached hydrogens (tertiary/aromatic N) is 2. The molecule has 0 saturated heterocycles. The SMILES string of the molecule is C=CCNC(=O)c1cnc(Nc2ccc(Cl)cc2Cl)nc1. The lowest BCUT2D eigenvalue weighted by atomic mass is 10.3. The van der Waals surface area contributed by atoms with E-state index in [9.17, 15) is 4.79 Å². The van der Waals surface area contributed by atoms with E-state index >= 15 is 0 Å². The van der Waals surface area contributed by atoms with Gasteiger partial charge in [-0.25, -0.2) is 9.97 Å². The van der Waals surface area contributed by atoms with Crippen LogP contribution in [-0.2, 0) is 0 Å². The average molecular weight is 323 g/mol. The summed E-state index contributed by atoms with van der Waals surface area (Å²) in [6.45, 7) is 3.91. The molecule has 0 aliphatic carbocycles. The van der Waals surface area contributed by atoms with Gasteiger partial charge in [-0.1, -0.05) is 29.3 Å². The molecule has 1 aromatic carbocycles. The van der Waals surface area contributed by atoms with Crippen LogP contribution in [0.5, 0.6) is 0 Å². The van der Waals surface area contributed by atoms with Crippen molar-refractivity contribution in [3.05, 3.63) is 58.9 Å². The molecular weight excluding hydrogens is 311 g/mol. The highest BCUT2D eigenvalue weighted by molar-refractivity contribution is 6.36. The van der Waals surface area contributed by atoms with E-state index in [2.05, 4.69) is 27.2 Å². The maximum atomic E-state index is 11.7. The van der Waals surface area contributed by atoms with Gasteiger partial charge >= 0.3 is 0 Å². The standard InChI is InChI=1S/C14H12Cl2N4O/c1-2-5-17-13(21)9-7-18-14(19-8-9)20-12-4-3-10(15)6-11(12)16/h2-4,6-8H,1,5H2,(H,17,21)(H,18,19,20). The van der Waals surface area contributed by atoms with Crippen LogP contribution in [0.4, 0.5) is 11.6 Å². The van der Waals surface area contributed by atoms with Gasteiger partial charge in [-0.2, -0.15) is 0 Å². The van der Waals surface area contributed by atoms with E-state index in [1.54, 1.807) is 24.3 Å². The smallest absolute Gasteiger partial charge is 0.254 e. The third-order valence-corrected chi connectivity index (χ3v) is 3.05. The molecule has 0 atom stereocenters. The van der Waals surface area contributed by atoms with E-state index in [0.717, 1.165) is 0 Å². The first-order valence-corrected chi connectivity index (χ1v) is 6.79. The minimum atomic E-state index is -0.258. The summed E-state index contributed by atoms with van der Waals surface area (Å²) in [7, 11) is 0. The number of benzene rings is 1. The quantitative estimate of drug-likeness (QED) is 0.827. The molecule has 1 aromatic heterocycles. The van der Waals surface area contributed by atoms with Crippen LogP contribution in [0.3, 0.4) is 0 Å². The van der Waals surface area contributed by atoms with E-state index in [1.165, 1.54) is 12.4 Å². The fraction of sp³-hybridized carbons (Fsp3) is 0.0714. The highest BCUT2D eigenvalue weighted by Gasteiger charge is 2.07. The summed E-state index contributed by atoms with van der Waals surface area (Å²) in [5.41, 5.74) is 0.995. The van der Waals surface area contributed by atoms with Crippen molar-refractivity contribution in [2.45, 2.75) is 0 Å². The largest absolute Gasteiger partial charge is 0.348 e. The van der Waals surface area contributed by atoms with Crippen molar-refractivity contribution in [1.82, 2.24) is 15.3 Å². The zero-order chi connectivity index (χ0) is 15.2. The maximum absolute atomic E-state index is 11.7. The summed E-state index contributed by atoms with van der Waals surface area (Å²) in [5, 5.41) is 6.59. The van der Waals surface area contributed by atoms with Gasteiger partial charge in [-0.15, -0.1) is 6.58 Å². The number of hydrogen-bond acceptors (Lipinski definition) is 4. The van der Waals surface area contributed by atoms with Crippen molar-refractivity contribution >= 4 is 40.7 Å². The Morgan fingerprint density at radius 2 is 2.00 bits per heavy atom. The van der Waals surface area contributed by atoms with Gasteiger partial charge in [0.05, 0.1) is 16.3 Å². The Balaban J connectivity index is 2.08. The molecular formula is C14H12Cl2N4O. The van der Waals surface area contributed by atoms with Gasteiger partial charge < -0.3 is 10.6 Å². The molecule has 0 bridgehead atoms. The Morgan fingerprint density at radius 3 is 2.62 bits per heavy atom. The van der Waals surface area contributed by atoms with Gasteiger partial charge in [0, 0.05) is 24.0 Å². The van der Waals surface area contributed by atoms with Crippen LogP contribution in [0.25, 0.3) is 0 Å². The molecule has 2 aromatic rings. The summed E-state index contributed by atoms with van der Waals surface area (Å²) in [4.78, 5) is 19.8. The summed E-state index contributed by atoms with van der Waals surface area (Å²) >= 11 is 11.9. The minimum absolute atomic E-state index is 0.258. The van der Waals surface area contributed by atoms with Gasteiger partial charge in [0.25, 0.3) is 5.91 Å². The molecule has 108 valence electrons. The number of nitrogens with one attached hydrogen (secondary N) is 2. The Bertz CT molecular complexity index is 659. The topological polar surface area (TPSA) is 66.9 Å². The summed E-state index contributed by atoms with van der Waals surface area (Å²) in [6, 6.07) is 5.04. The van der Waals surface area contributed by atoms with Gasteiger partial charge in [0.2, 0.25) is 5.95 Å². The van der Waals surface area contributed by atoms with Crippen LogP contribution in [-0.4, -0.2) is 22.4 Å². The third kappa shape index (κ3) is 4.18.